The topological polar surface area (TPSA) is 55.1 Å². The van der Waals surface area contributed by atoms with E-state index in [4.69, 9.17) is 4.42 Å². The number of carbonyl (C=O) groups excluding carboxylic acids is 1. The average Bonchev–Trinajstić information content (AvgIpc) is 3.10. The summed E-state index contributed by atoms with van der Waals surface area (Å²) in [5.74, 6) is 1.21. The van der Waals surface area contributed by atoms with Crippen molar-refractivity contribution >= 4 is 17.2 Å². The number of hydrogen-bond acceptors (Lipinski definition) is 4. The van der Waals surface area contributed by atoms with E-state index in [1.807, 2.05) is 19.1 Å². The largest absolute Gasteiger partial charge is 0.462 e. The highest BCUT2D eigenvalue weighted by atomic mass is 32.1. The van der Waals surface area contributed by atoms with Gasteiger partial charge in [0.1, 0.15) is 5.69 Å². The number of aromatic nitrogens is 1. The molecule has 2 aromatic rings. The highest BCUT2D eigenvalue weighted by molar-refractivity contribution is 7.15. The minimum atomic E-state index is -0.0553. The third-order valence-electron chi connectivity index (χ3n) is 4.17. The molecule has 1 aliphatic carbocycles. The van der Waals surface area contributed by atoms with Crippen molar-refractivity contribution in [3.63, 3.8) is 0 Å². The van der Waals surface area contributed by atoms with Crippen molar-refractivity contribution in [2.75, 3.05) is 0 Å². The van der Waals surface area contributed by atoms with E-state index < -0.39 is 0 Å². The lowest BCUT2D eigenvalue weighted by molar-refractivity contribution is 0.0905. The standard InChI is InChI=1S/C16H20N2O2S/c1-10-6-3-4-7-12(10)17-15(19)14-11(2)21-16(18-14)13-8-5-9-20-13/h5,8-10,12H,3-4,6-7H2,1-2H3,(H,17,19). The van der Waals surface area contributed by atoms with Crippen LogP contribution in [0.2, 0.25) is 0 Å². The van der Waals surface area contributed by atoms with Crippen molar-refractivity contribution in [3.8, 4) is 10.8 Å². The summed E-state index contributed by atoms with van der Waals surface area (Å²) in [5.41, 5.74) is 0.532. The molecular formula is C16H20N2O2S. The molecule has 5 heteroatoms. The number of furan rings is 1. The quantitative estimate of drug-likeness (QED) is 0.931. The van der Waals surface area contributed by atoms with Gasteiger partial charge in [-0.05, 0) is 37.8 Å². The Kier molecular flexibility index (Phi) is 4.10. The number of hydrogen-bond donors (Lipinski definition) is 1. The van der Waals surface area contributed by atoms with Crippen LogP contribution in [0.25, 0.3) is 10.8 Å². The molecule has 2 atom stereocenters. The van der Waals surface area contributed by atoms with Crippen LogP contribution in [-0.2, 0) is 0 Å². The first kappa shape index (κ1) is 14.3. The van der Waals surface area contributed by atoms with E-state index in [-0.39, 0.29) is 11.9 Å². The summed E-state index contributed by atoms with van der Waals surface area (Å²) in [6.45, 7) is 4.15. The Labute approximate surface area is 128 Å². The maximum absolute atomic E-state index is 12.5. The first-order valence-corrected chi connectivity index (χ1v) is 8.29. The Morgan fingerprint density at radius 3 is 2.95 bits per heavy atom. The Morgan fingerprint density at radius 2 is 2.24 bits per heavy atom. The van der Waals surface area contributed by atoms with Gasteiger partial charge < -0.3 is 9.73 Å². The lowest BCUT2D eigenvalue weighted by Crippen LogP contribution is -2.41. The van der Waals surface area contributed by atoms with Crippen molar-refractivity contribution in [2.24, 2.45) is 5.92 Å². The van der Waals surface area contributed by atoms with Gasteiger partial charge in [-0.1, -0.05) is 19.8 Å². The lowest BCUT2D eigenvalue weighted by Gasteiger charge is -2.29. The number of rotatable bonds is 3. The predicted molar refractivity (Wildman–Crippen MR) is 83.4 cm³/mol. The third kappa shape index (κ3) is 3.02. The first-order chi connectivity index (χ1) is 10.1. The summed E-state index contributed by atoms with van der Waals surface area (Å²) in [5, 5.41) is 3.92. The van der Waals surface area contributed by atoms with Crippen molar-refractivity contribution in [1.29, 1.82) is 0 Å². The molecule has 2 unspecified atom stereocenters. The Hall–Kier alpha value is -1.62. The molecule has 4 nitrogen and oxygen atoms in total. The van der Waals surface area contributed by atoms with Gasteiger partial charge in [0.15, 0.2) is 10.8 Å². The van der Waals surface area contributed by atoms with Crippen LogP contribution in [0.3, 0.4) is 0 Å². The zero-order valence-electron chi connectivity index (χ0n) is 12.4. The number of amides is 1. The van der Waals surface area contributed by atoms with Gasteiger partial charge in [0, 0.05) is 10.9 Å². The van der Waals surface area contributed by atoms with Gasteiger partial charge in [-0.25, -0.2) is 4.98 Å². The fraction of sp³-hybridized carbons (Fsp3) is 0.500. The van der Waals surface area contributed by atoms with E-state index in [1.165, 1.54) is 30.6 Å². The van der Waals surface area contributed by atoms with Gasteiger partial charge in [0.05, 0.1) is 6.26 Å². The molecule has 3 rings (SSSR count). The molecule has 2 heterocycles. The van der Waals surface area contributed by atoms with Gasteiger partial charge in [0.25, 0.3) is 5.91 Å². The molecule has 0 spiro atoms. The minimum Gasteiger partial charge on any atom is -0.462 e. The van der Waals surface area contributed by atoms with E-state index in [2.05, 4.69) is 17.2 Å². The molecule has 0 bridgehead atoms. The second-order valence-corrected chi connectivity index (χ2v) is 6.95. The summed E-state index contributed by atoms with van der Waals surface area (Å²) < 4.78 is 5.35. The summed E-state index contributed by atoms with van der Waals surface area (Å²) in [7, 11) is 0. The predicted octanol–water partition coefficient (Wildman–Crippen LogP) is 4.02. The molecule has 1 saturated carbocycles. The summed E-state index contributed by atoms with van der Waals surface area (Å²) in [6, 6.07) is 3.97. The maximum atomic E-state index is 12.5. The van der Waals surface area contributed by atoms with Gasteiger partial charge in [0.2, 0.25) is 0 Å². The minimum absolute atomic E-state index is 0.0553. The lowest BCUT2D eigenvalue weighted by atomic mass is 9.86. The van der Waals surface area contributed by atoms with Gasteiger partial charge in [-0.2, -0.15) is 0 Å². The summed E-state index contributed by atoms with van der Waals surface area (Å²) in [6.07, 6.45) is 6.35. The molecule has 1 N–H and O–H groups in total. The van der Waals surface area contributed by atoms with Crippen LogP contribution in [0, 0.1) is 12.8 Å². The van der Waals surface area contributed by atoms with Crippen molar-refractivity contribution in [3.05, 3.63) is 29.0 Å². The number of nitrogens with one attached hydrogen (secondary N) is 1. The average molecular weight is 304 g/mol. The number of nitrogens with zero attached hydrogens (tertiary/aromatic N) is 1. The second kappa shape index (κ2) is 6.02. The van der Waals surface area contributed by atoms with Crippen molar-refractivity contribution in [1.82, 2.24) is 10.3 Å². The van der Waals surface area contributed by atoms with Crippen LogP contribution < -0.4 is 5.32 Å². The summed E-state index contributed by atoms with van der Waals surface area (Å²) >= 11 is 1.50. The van der Waals surface area contributed by atoms with Crippen LogP contribution in [0.5, 0.6) is 0 Å². The fourth-order valence-corrected chi connectivity index (χ4v) is 3.76. The Bertz CT molecular complexity index is 618. The molecule has 0 radical (unpaired) electrons. The van der Waals surface area contributed by atoms with Crippen LogP contribution in [0.15, 0.2) is 22.8 Å². The molecule has 0 saturated heterocycles. The monoisotopic (exact) mass is 304 g/mol. The molecule has 21 heavy (non-hydrogen) atoms. The molecule has 1 amide bonds. The van der Waals surface area contributed by atoms with Gasteiger partial charge in [-0.3, -0.25) is 4.79 Å². The Morgan fingerprint density at radius 1 is 1.43 bits per heavy atom. The molecule has 112 valence electrons. The highest BCUT2D eigenvalue weighted by Crippen LogP contribution is 2.29. The maximum Gasteiger partial charge on any atom is 0.271 e. The zero-order valence-corrected chi connectivity index (χ0v) is 13.2. The molecule has 0 aromatic carbocycles. The molecule has 1 fully saturated rings. The van der Waals surface area contributed by atoms with Crippen LogP contribution in [-0.4, -0.2) is 16.9 Å². The highest BCUT2D eigenvalue weighted by Gasteiger charge is 2.25. The normalized spacial score (nSPS) is 22.2. The van der Waals surface area contributed by atoms with E-state index in [0.717, 1.165) is 16.3 Å². The number of thiazole rings is 1. The first-order valence-electron chi connectivity index (χ1n) is 7.47. The Balaban J connectivity index is 1.75. The molecule has 2 aromatic heterocycles. The summed E-state index contributed by atoms with van der Waals surface area (Å²) in [4.78, 5) is 17.9. The SMILES string of the molecule is Cc1sc(-c2ccco2)nc1C(=O)NC1CCCCC1C. The molecular weight excluding hydrogens is 284 g/mol. The number of aryl methyl sites for hydroxylation is 1. The van der Waals surface area contributed by atoms with E-state index >= 15 is 0 Å². The van der Waals surface area contributed by atoms with Crippen LogP contribution >= 0.6 is 11.3 Å². The van der Waals surface area contributed by atoms with Gasteiger partial charge in [-0.15, -0.1) is 11.3 Å². The number of carbonyl (C=O) groups is 1. The smallest absolute Gasteiger partial charge is 0.271 e. The van der Waals surface area contributed by atoms with Gasteiger partial charge >= 0.3 is 0 Å². The molecule has 0 aliphatic heterocycles. The van der Waals surface area contributed by atoms with Crippen molar-refractivity contribution in [2.45, 2.75) is 45.6 Å². The van der Waals surface area contributed by atoms with Crippen molar-refractivity contribution < 1.29 is 9.21 Å². The fourth-order valence-electron chi connectivity index (χ4n) is 2.88. The van der Waals surface area contributed by atoms with Crippen LogP contribution in [0.4, 0.5) is 0 Å². The third-order valence-corrected chi connectivity index (χ3v) is 5.16. The van der Waals surface area contributed by atoms with E-state index in [1.54, 1.807) is 6.26 Å². The van der Waals surface area contributed by atoms with E-state index in [9.17, 15) is 4.79 Å². The zero-order chi connectivity index (χ0) is 14.8. The van der Waals surface area contributed by atoms with E-state index in [0.29, 0.717) is 17.4 Å². The molecule has 1 aliphatic rings. The van der Waals surface area contributed by atoms with Crippen LogP contribution in [0.1, 0.15) is 48.0 Å². The second-order valence-electron chi connectivity index (χ2n) is 5.74.